The molecule has 0 saturated heterocycles. The van der Waals surface area contributed by atoms with Crippen LogP contribution < -0.4 is 0 Å². The van der Waals surface area contributed by atoms with Crippen molar-refractivity contribution in [3.05, 3.63) is 46.0 Å². The van der Waals surface area contributed by atoms with Crippen LogP contribution in [0.15, 0.2) is 12.1 Å². The highest BCUT2D eigenvalue weighted by Crippen LogP contribution is 2.24. The highest BCUT2D eigenvalue weighted by molar-refractivity contribution is 6.30. The number of nitrogens with zero attached hydrogens (tertiary/aromatic N) is 2. The van der Waals surface area contributed by atoms with Gasteiger partial charge in [0.2, 0.25) is 0 Å². The minimum absolute atomic E-state index is 0.0383. The average Bonchev–Trinajstić information content (AvgIpc) is 2.31. The van der Waals surface area contributed by atoms with Crippen molar-refractivity contribution in [2.24, 2.45) is 0 Å². The van der Waals surface area contributed by atoms with Crippen molar-refractivity contribution >= 4 is 11.6 Å². The lowest BCUT2D eigenvalue weighted by Gasteiger charge is -2.06. The van der Waals surface area contributed by atoms with Gasteiger partial charge in [-0.25, -0.2) is 23.1 Å². The van der Waals surface area contributed by atoms with Crippen LogP contribution in [0.25, 0.3) is 11.4 Å². The first-order chi connectivity index (χ1) is 8.40. The maximum atomic E-state index is 13.1. The van der Waals surface area contributed by atoms with Crippen molar-refractivity contribution in [3.8, 4) is 11.4 Å². The van der Waals surface area contributed by atoms with Gasteiger partial charge in [0.1, 0.15) is 5.15 Å². The molecule has 2 aromatic rings. The molecule has 0 amide bonds. The summed E-state index contributed by atoms with van der Waals surface area (Å²) >= 11 is 5.87. The largest absolute Gasteiger partial charge is 0.233 e. The minimum Gasteiger partial charge on any atom is -0.233 e. The summed E-state index contributed by atoms with van der Waals surface area (Å²) in [7, 11) is 0. The predicted molar refractivity (Wildman–Crippen MR) is 61.8 cm³/mol. The normalized spacial score (nSPS) is 10.8. The van der Waals surface area contributed by atoms with Gasteiger partial charge in [-0.2, -0.15) is 0 Å². The van der Waals surface area contributed by atoms with E-state index in [0.29, 0.717) is 11.3 Å². The Bertz CT molecular complexity index is 527. The van der Waals surface area contributed by atoms with Crippen LogP contribution in [0.2, 0.25) is 5.15 Å². The summed E-state index contributed by atoms with van der Waals surface area (Å²) in [6, 6.07) is 1.66. The number of hydrogen-bond donors (Lipinski definition) is 0. The Morgan fingerprint density at radius 1 is 1.00 bits per heavy atom. The van der Waals surface area contributed by atoms with E-state index in [-0.39, 0.29) is 16.5 Å². The molecule has 1 aromatic heterocycles. The lowest BCUT2D eigenvalue weighted by atomic mass is 10.1. The first-order valence-corrected chi connectivity index (χ1v) is 5.43. The summed E-state index contributed by atoms with van der Waals surface area (Å²) in [5.74, 6) is -4.04. The van der Waals surface area contributed by atoms with Gasteiger partial charge in [-0.15, -0.1) is 0 Å². The van der Waals surface area contributed by atoms with Crippen LogP contribution in [0.5, 0.6) is 0 Å². The monoisotopic (exact) mass is 272 g/mol. The summed E-state index contributed by atoms with van der Waals surface area (Å²) in [6.45, 7) is 3.43. The van der Waals surface area contributed by atoms with Gasteiger partial charge in [-0.05, 0) is 26.0 Å². The molecule has 0 aliphatic carbocycles. The number of rotatable bonds is 1. The van der Waals surface area contributed by atoms with Crippen LogP contribution >= 0.6 is 11.6 Å². The second kappa shape index (κ2) is 4.57. The van der Waals surface area contributed by atoms with Crippen LogP contribution in [-0.2, 0) is 0 Å². The van der Waals surface area contributed by atoms with E-state index in [1.54, 1.807) is 13.8 Å². The average molecular weight is 273 g/mol. The summed E-state index contributed by atoms with van der Waals surface area (Å²) in [5, 5.41) is 0.197. The van der Waals surface area contributed by atoms with E-state index in [0.717, 1.165) is 12.1 Å². The molecular formula is C12H8ClF3N2. The maximum absolute atomic E-state index is 13.1. The smallest absolute Gasteiger partial charge is 0.194 e. The number of hydrogen-bond acceptors (Lipinski definition) is 2. The standard InChI is InChI=1S/C12H8ClF3N2/c1-5-6(2)17-12(18-11(5)13)7-3-8(14)10(16)9(15)4-7/h3-4H,1-2H3. The molecular weight excluding hydrogens is 265 g/mol. The molecule has 1 aromatic carbocycles. The molecule has 0 saturated carbocycles. The number of aryl methyl sites for hydroxylation is 1. The number of benzene rings is 1. The first kappa shape index (κ1) is 12.8. The lowest BCUT2D eigenvalue weighted by Crippen LogP contribution is -1.99. The van der Waals surface area contributed by atoms with Crippen LogP contribution in [0.3, 0.4) is 0 Å². The molecule has 0 unspecified atom stereocenters. The molecule has 94 valence electrons. The molecule has 1 heterocycles. The molecule has 0 aliphatic heterocycles. The van der Waals surface area contributed by atoms with E-state index in [9.17, 15) is 13.2 Å². The third-order valence-corrected chi connectivity index (χ3v) is 2.94. The van der Waals surface area contributed by atoms with E-state index >= 15 is 0 Å². The van der Waals surface area contributed by atoms with Gasteiger partial charge in [0.15, 0.2) is 23.3 Å². The SMILES string of the molecule is Cc1nc(-c2cc(F)c(F)c(F)c2)nc(Cl)c1C. The second-order valence-electron chi connectivity index (χ2n) is 3.80. The lowest BCUT2D eigenvalue weighted by molar-refractivity contribution is 0.447. The van der Waals surface area contributed by atoms with Gasteiger partial charge in [0.05, 0.1) is 0 Å². The third kappa shape index (κ3) is 2.18. The molecule has 0 spiro atoms. The summed E-state index contributed by atoms with van der Waals surface area (Å²) < 4.78 is 39.0. The number of aromatic nitrogens is 2. The minimum atomic E-state index is -1.52. The second-order valence-corrected chi connectivity index (χ2v) is 4.16. The topological polar surface area (TPSA) is 25.8 Å². The molecule has 0 bridgehead atoms. The zero-order valence-corrected chi connectivity index (χ0v) is 10.3. The molecule has 0 aliphatic rings. The van der Waals surface area contributed by atoms with Crippen LogP contribution in [0, 0.1) is 31.3 Å². The zero-order chi connectivity index (χ0) is 13.4. The summed E-state index contributed by atoms with van der Waals surface area (Å²) in [5.41, 5.74) is 1.31. The van der Waals surface area contributed by atoms with Gasteiger partial charge in [-0.1, -0.05) is 11.6 Å². The van der Waals surface area contributed by atoms with Crippen LogP contribution in [0.4, 0.5) is 13.2 Å². The summed E-state index contributed by atoms with van der Waals surface area (Å²) in [4.78, 5) is 7.98. The molecule has 0 radical (unpaired) electrons. The molecule has 2 rings (SSSR count). The molecule has 0 N–H and O–H groups in total. The molecule has 0 fully saturated rings. The van der Waals surface area contributed by atoms with Gasteiger partial charge < -0.3 is 0 Å². The van der Waals surface area contributed by atoms with Crippen LogP contribution in [0.1, 0.15) is 11.3 Å². The summed E-state index contributed by atoms with van der Waals surface area (Å²) in [6.07, 6.45) is 0. The van der Waals surface area contributed by atoms with Crippen molar-refractivity contribution < 1.29 is 13.2 Å². The van der Waals surface area contributed by atoms with Gasteiger partial charge in [0, 0.05) is 16.8 Å². The Labute approximate surface area is 106 Å². The van der Waals surface area contributed by atoms with E-state index in [1.807, 2.05) is 0 Å². The van der Waals surface area contributed by atoms with Crippen molar-refractivity contribution in [2.45, 2.75) is 13.8 Å². The highest BCUT2D eigenvalue weighted by atomic mass is 35.5. The predicted octanol–water partition coefficient (Wildman–Crippen LogP) is 3.83. The zero-order valence-electron chi connectivity index (χ0n) is 9.56. The Kier molecular flexibility index (Phi) is 3.26. The van der Waals surface area contributed by atoms with E-state index in [4.69, 9.17) is 11.6 Å². The maximum Gasteiger partial charge on any atom is 0.194 e. The van der Waals surface area contributed by atoms with Crippen molar-refractivity contribution in [2.75, 3.05) is 0 Å². The molecule has 18 heavy (non-hydrogen) atoms. The van der Waals surface area contributed by atoms with Gasteiger partial charge in [-0.3, -0.25) is 0 Å². The quantitative estimate of drug-likeness (QED) is 0.582. The third-order valence-electron chi connectivity index (χ3n) is 2.57. The Morgan fingerprint density at radius 3 is 2.06 bits per heavy atom. The highest BCUT2D eigenvalue weighted by Gasteiger charge is 2.14. The molecule has 6 heteroatoms. The van der Waals surface area contributed by atoms with Crippen LogP contribution in [-0.4, -0.2) is 9.97 Å². The van der Waals surface area contributed by atoms with E-state index < -0.39 is 17.5 Å². The number of halogens is 4. The van der Waals surface area contributed by atoms with Gasteiger partial charge >= 0.3 is 0 Å². The van der Waals surface area contributed by atoms with Gasteiger partial charge in [0.25, 0.3) is 0 Å². The van der Waals surface area contributed by atoms with E-state index in [1.165, 1.54) is 0 Å². The van der Waals surface area contributed by atoms with Crippen molar-refractivity contribution in [3.63, 3.8) is 0 Å². The Morgan fingerprint density at radius 2 is 1.56 bits per heavy atom. The molecule has 0 atom stereocenters. The fourth-order valence-corrected chi connectivity index (χ4v) is 1.62. The fourth-order valence-electron chi connectivity index (χ4n) is 1.41. The fraction of sp³-hybridized carbons (Fsp3) is 0.167. The first-order valence-electron chi connectivity index (χ1n) is 5.06. The van der Waals surface area contributed by atoms with E-state index in [2.05, 4.69) is 9.97 Å². The molecule has 2 nitrogen and oxygen atoms in total. The Hall–Kier alpha value is -1.62. The van der Waals surface area contributed by atoms with Crippen molar-refractivity contribution in [1.82, 2.24) is 9.97 Å². The Balaban J connectivity index is 2.63. The van der Waals surface area contributed by atoms with Crippen molar-refractivity contribution in [1.29, 1.82) is 0 Å².